The molecule has 1 aromatic heterocycles. The number of carbonyl (C=O) groups excluding carboxylic acids is 2. The van der Waals surface area contributed by atoms with Crippen LogP contribution in [0.5, 0.6) is 0 Å². The number of carbonyl (C=O) groups is 2. The molecule has 3 heteroatoms. The summed E-state index contributed by atoms with van der Waals surface area (Å²) in [4.78, 5) is 26.3. The van der Waals surface area contributed by atoms with E-state index in [0.717, 1.165) is 23.6 Å². The van der Waals surface area contributed by atoms with Crippen molar-refractivity contribution in [3.05, 3.63) is 78.1 Å². The number of ketones is 2. The van der Waals surface area contributed by atoms with Crippen LogP contribution in [0.2, 0.25) is 0 Å². The third kappa shape index (κ3) is 10.2. The van der Waals surface area contributed by atoms with Gasteiger partial charge in [-0.15, -0.1) is 0 Å². The van der Waals surface area contributed by atoms with Crippen molar-refractivity contribution in [1.29, 1.82) is 0 Å². The van der Waals surface area contributed by atoms with Crippen LogP contribution in [0.1, 0.15) is 131 Å². The second-order valence-corrected chi connectivity index (χ2v) is 10.8. The SMILES string of the molecule is CCCCCCCCCCCCCCCCCC(=O)c1c2ccccc2cc[n+]1CC(=O)c1ccccc1. The molecule has 0 aliphatic rings. The lowest BCUT2D eigenvalue weighted by molar-refractivity contribution is -0.683. The zero-order valence-electron chi connectivity index (χ0n) is 23.6. The Kier molecular flexibility index (Phi) is 13.8. The van der Waals surface area contributed by atoms with Crippen molar-refractivity contribution in [3.63, 3.8) is 0 Å². The van der Waals surface area contributed by atoms with E-state index in [-0.39, 0.29) is 18.1 Å². The molecule has 0 fully saturated rings. The monoisotopic (exact) mass is 514 g/mol. The first-order chi connectivity index (χ1) is 18.7. The molecule has 0 saturated carbocycles. The number of rotatable bonds is 20. The summed E-state index contributed by atoms with van der Waals surface area (Å²) in [6.45, 7) is 2.45. The Morgan fingerprint density at radius 3 is 1.71 bits per heavy atom. The Hall–Kier alpha value is -2.81. The summed E-state index contributed by atoms with van der Waals surface area (Å²) >= 11 is 0. The van der Waals surface area contributed by atoms with Gasteiger partial charge in [0.2, 0.25) is 18.1 Å². The van der Waals surface area contributed by atoms with E-state index in [9.17, 15) is 9.59 Å². The number of fused-ring (bicyclic) bond motifs is 1. The van der Waals surface area contributed by atoms with Crippen molar-refractivity contribution in [3.8, 4) is 0 Å². The molecule has 38 heavy (non-hydrogen) atoms. The van der Waals surface area contributed by atoms with Crippen molar-refractivity contribution in [1.82, 2.24) is 0 Å². The van der Waals surface area contributed by atoms with Crippen molar-refractivity contribution < 1.29 is 14.2 Å². The minimum atomic E-state index is 0.0203. The summed E-state index contributed by atoms with van der Waals surface area (Å²) in [6.07, 6.45) is 22.1. The molecule has 0 N–H and O–H groups in total. The molecule has 0 bridgehead atoms. The van der Waals surface area contributed by atoms with Crippen molar-refractivity contribution in [2.45, 2.75) is 116 Å². The Labute approximate surface area is 230 Å². The minimum Gasteiger partial charge on any atom is -0.287 e. The highest BCUT2D eigenvalue weighted by Crippen LogP contribution is 2.19. The van der Waals surface area contributed by atoms with Crippen LogP contribution in [0.4, 0.5) is 0 Å². The Balaban J connectivity index is 1.39. The fraction of sp³-hybridized carbons (Fsp3) is 0.514. The molecule has 1 heterocycles. The molecule has 0 radical (unpaired) electrons. The first-order valence-corrected chi connectivity index (χ1v) is 15.2. The molecule has 3 nitrogen and oxygen atoms in total. The molecule has 2 aromatic carbocycles. The van der Waals surface area contributed by atoms with Gasteiger partial charge in [0.05, 0.1) is 5.39 Å². The average molecular weight is 515 g/mol. The van der Waals surface area contributed by atoms with E-state index in [2.05, 4.69) is 6.92 Å². The number of unbranched alkanes of at least 4 members (excludes halogenated alkanes) is 14. The highest BCUT2D eigenvalue weighted by atomic mass is 16.1. The number of hydrogen-bond acceptors (Lipinski definition) is 2. The van der Waals surface area contributed by atoms with Crippen LogP contribution in [-0.2, 0) is 6.54 Å². The van der Waals surface area contributed by atoms with Gasteiger partial charge in [-0.2, -0.15) is 4.57 Å². The fourth-order valence-corrected chi connectivity index (χ4v) is 5.34. The van der Waals surface area contributed by atoms with Crippen LogP contribution in [0.3, 0.4) is 0 Å². The van der Waals surface area contributed by atoms with Crippen LogP contribution in [0.25, 0.3) is 10.8 Å². The summed E-state index contributed by atoms with van der Waals surface area (Å²) in [6, 6.07) is 19.3. The summed E-state index contributed by atoms with van der Waals surface area (Å²) in [5, 5.41) is 1.97. The van der Waals surface area contributed by atoms with E-state index in [0.29, 0.717) is 17.7 Å². The van der Waals surface area contributed by atoms with E-state index < -0.39 is 0 Å². The van der Waals surface area contributed by atoms with Crippen LogP contribution in [-0.4, -0.2) is 11.6 Å². The first-order valence-electron chi connectivity index (χ1n) is 15.2. The molecule has 3 aromatic rings. The number of Topliss-reactive ketones (excluding diaryl/α,β-unsaturated/α-hetero) is 2. The van der Waals surface area contributed by atoms with Crippen LogP contribution >= 0.6 is 0 Å². The standard InChI is InChI=1S/C35H48NO2/c1-2-3-4-5-6-7-8-9-10-11-12-13-14-15-19-26-33(37)35-32-25-21-20-22-30(32)27-28-36(35)29-34(38)31-23-17-16-18-24-31/h16-18,20-25,27-28H,2-15,19,26,29H2,1H3/q+1. The van der Waals surface area contributed by atoms with Gasteiger partial charge in [-0.3, -0.25) is 9.59 Å². The third-order valence-corrected chi connectivity index (χ3v) is 7.62. The predicted molar refractivity (Wildman–Crippen MR) is 159 cm³/mol. The largest absolute Gasteiger partial charge is 0.287 e. The van der Waals surface area contributed by atoms with E-state index in [1.54, 1.807) is 0 Å². The van der Waals surface area contributed by atoms with Gasteiger partial charge in [-0.1, -0.05) is 145 Å². The van der Waals surface area contributed by atoms with Crippen LogP contribution in [0.15, 0.2) is 66.9 Å². The highest BCUT2D eigenvalue weighted by Gasteiger charge is 2.24. The van der Waals surface area contributed by atoms with Gasteiger partial charge >= 0.3 is 0 Å². The number of hydrogen-bond donors (Lipinski definition) is 0. The first kappa shape index (κ1) is 29.7. The minimum absolute atomic E-state index is 0.0203. The molecule has 0 saturated heterocycles. The van der Waals surface area contributed by atoms with Gasteiger partial charge in [0.15, 0.2) is 6.20 Å². The third-order valence-electron chi connectivity index (χ3n) is 7.62. The highest BCUT2D eigenvalue weighted by molar-refractivity contribution is 6.05. The summed E-state index contributed by atoms with van der Waals surface area (Å²) < 4.78 is 1.85. The second-order valence-electron chi connectivity index (χ2n) is 10.8. The molecule has 3 rings (SSSR count). The average Bonchev–Trinajstić information content (AvgIpc) is 2.95. The summed E-state index contributed by atoms with van der Waals surface area (Å²) in [7, 11) is 0. The molecular weight excluding hydrogens is 466 g/mol. The lowest BCUT2D eigenvalue weighted by atomic mass is 10.0. The maximum atomic E-state index is 13.4. The van der Waals surface area contributed by atoms with Gasteiger partial charge in [-0.25, -0.2) is 0 Å². The van der Waals surface area contributed by atoms with Crippen molar-refractivity contribution >= 4 is 22.3 Å². The zero-order valence-corrected chi connectivity index (χ0v) is 23.6. The molecule has 0 aliphatic carbocycles. The molecule has 0 aliphatic heterocycles. The van der Waals surface area contributed by atoms with Gasteiger partial charge in [0.25, 0.3) is 5.69 Å². The van der Waals surface area contributed by atoms with E-state index in [4.69, 9.17) is 0 Å². The Bertz CT molecular complexity index is 1110. The van der Waals surface area contributed by atoms with Gasteiger partial charge < -0.3 is 0 Å². The van der Waals surface area contributed by atoms with Gasteiger partial charge in [0.1, 0.15) is 0 Å². The van der Waals surface area contributed by atoms with Gasteiger partial charge in [-0.05, 0) is 17.9 Å². The maximum absolute atomic E-state index is 13.4. The van der Waals surface area contributed by atoms with E-state index in [1.165, 1.54) is 83.5 Å². The van der Waals surface area contributed by atoms with Gasteiger partial charge in [0, 0.05) is 18.1 Å². The predicted octanol–water partition coefficient (Wildman–Crippen LogP) is 9.45. The molecule has 0 unspecified atom stereocenters. The normalized spacial score (nSPS) is 11.2. The van der Waals surface area contributed by atoms with Crippen LogP contribution < -0.4 is 4.57 Å². The zero-order chi connectivity index (χ0) is 26.8. The van der Waals surface area contributed by atoms with E-state index in [1.807, 2.05) is 71.4 Å². The number of pyridine rings is 1. The molecule has 0 spiro atoms. The molecule has 204 valence electrons. The quantitative estimate of drug-likeness (QED) is 0.0855. The molecular formula is C35H48NO2+. The number of nitrogens with zero attached hydrogens (tertiary/aromatic N) is 1. The Morgan fingerprint density at radius 2 is 1.11 bits per heavy atom. The topological polar surface area (TPSA) is 38.0 Å². The molecule has 0 atom stereocenters. The summed E-state index contributed by atoms with van der Waals surface area (Å²) in [5.41, 5.74) is 1.34. The fourth-order valence-electron chi connectivity index (χ4n) is 5.34. The maximum Gasteiger partial charge on any atom is 0.256 e. The van der Waals surface area contributed by atoms with Crippen LogP contribution in [0, 0.1) is 0 Å². The summed E-state index contributed by atoms with van der Waals surface area (Å²) in [5.74, 6) is 0.157. The van der Waals surface area contributed by atoms with Crippen molar-refractivity contribution in [2.75, 3.05) is 0 Å². The lowest BCUT2D eigenvalue weighted by Crippen LogP contribution is -2.43. The Morgan fingerprint density at radius 1 is 0.579 bits per heavy atom. The number of aromatic nitrogens is 1. The van der Waals surface area contributed by atoms with Crippen molar-refractivity contribution in [2.24, 2.45) is 0 Å². The smallest absolute Gasteiger partial charge is 0.256 e. The van der Waals surface area contributed by atoms with E-state index >= 15 is 0 Å². The second kappa shape index (κ2) is 17.7. The molecule has 0 amide bonds. The lowest BCUT2D eigenvalue weighted by Gasteiger charge is -2.07. The number of benzene rings is 2.